The lowest BCUT2D eigenvalue weighted by Gasteiger charge is -2.43. The predicted molar refractivity (Wildman–Crippen MR) is 75.0 cm³/mol. The van der Waals surface area contributed by atoms with Crippen LogP contribution in [0.1, 0.15) is 27.7 Å². The standard InChI is InChI=1S/C14H29N3O/c1-13(2,3)17-7-5-16(6-8-17)9-10-18-14(4)11-15-12-14/h15H,5-12H2,1-4H3. The third kappa shape index (κ3) is 3.67. The van der Waals surface area contributed by atoms with Crippen LogP contribution in [0.4, 0.5) is 0 Å². The Morgan fingerprint density at radius 1 is 1.11 bits per heavy atom. The van der Waals surface area contributed by atoms with Gasteiger partial charge in [-0.05, 0) is 27.7 Å². The van der Waals surface area contributed by atoms with E-state index in [1.807, 2.05) is 0 Å². The van der Waals surface area contributed by atoms with Crippen molar-refractivity contribution >= 4 is 0 Å². The second-order valence-corrected chi connectivity index (χ2v) is 6.90. The van der Waals surface area contributed by atoms with Crippen LogP contribution in [-0.4, -0.2) is 73.4 Å². The van der Waals surface area contributed by atoms with Gasteiger partial charge < -0.3 is 10.1 Å². The molecule has 0 amide bonds. The van der Waals surface area contributed by atoms with Crippen molar-refractivity contribution in [2.24, 2.45) is 0 Å². The van der Waals surface area contributed by atoms with E-state index >= 15 is 0 Å². The summed E-state index contributed by atoms with van der Waals surface area (Å²) in [6.07, 6.45) is 0. The molecule has 0 aromatic heterocycles. The van der Waals surface area contributed by atoms with E-state index in [4.69, 9.17) is 4.74 Å². The average Bonchev–Trinajstić information content (AvgIpc) is 2.26. The van der Waals surface area contributed by atoms with Gasteiger partial charge in [0, 0.05) is 51.4 Å². The van der Waals surface area contributed by atoms with E-state index in [0.29, 0.717) is 5.54 Å². The summed E-state index contributed by atoms with van der Waals surface area (Å²) in [5.41, 5.74) is 0.418. The molecule has 2 saturated heterocycles. The molecule has 0 aromatic carbocycles. The number of nitrogens with one attached hydrogen (secondary N) is 1. The first-order valence-electron chi connectivity index (χ1n) is 7.21. The lowest BCUT2D eigenvalue weighted by Crippen LogP contribution is -2.59. The van der Waals surface area contributed by atoms with Crippen LogP contribution in [0.15, 0.2) is 0 Å². The van der Waals surface area contributed by atoms with Crippen molar-refractivity contribution in [1.82, 2.24) is 15.1 Å². The van der Waals surface area contributed by atoms with Crippen molar-refractivity contribution in [1.29, 1.82) is 0 Å². The largest absolute Gasteiger partial charge is 0.371 e. The van der Waals surface area contributed by atoms with Crippen molar-refractivity contribution in [3.05, 3.63) is 0 Å². The summed E-state index contributed by atoms with van der Waals surface area (Å²) in [6.45, 7) is 17.8. The molecule has 2 aliphatic heterocycles. The Morgan fingerprint density at radius 2 is 1.72 bits per heavy atom. The molecular weight excluding hydrogens is 226 g/mol. The van der Waals surface area contributed by atoms with Crippen LogP contribution in [-0.2, 0) is 4.74 Å². The number of piperazine rings is 1. The summed E-state index contributed by atoms with van der Waals surface area (Å²) < 4.78 is 5.94. The Balaban J connectivity index is 1.62. The quantitative estimate of drug-likeness (QED) is 0.803. The predicted octanol–water partition coefficient (Wildman–Crippen LogP) is 0.781. The molecule has 0 aliphatic carbocycles. The molecule has 0 radical (unpaired) electrons. The summed E-state index contributed by atoms with van der Waals surface area (Å²) in [6, 6.07) is 0. The van der Waals surface area contributed by atoms with Crippen molar-refractivity contribution in [3.8, 4) is 0 Å². The highest BCUT2D eigenvalue weighted by Gasteiger charge is 2.32. The molecule has 0 spiro atoms. The molecule has 0 bridgehead atoms. The molecule has 0 unspecified atom stereocenters. The monoisotopic (exact) mass is 255 g/mol. The Bertz CT molecular complexity index is 263. The second kappa shape index (κ2) is 5.45. The number of nitrogens with zero attached hydrogens (tertiary/aromatic N) is 2. The topological polar surface area (TPSA) is 27.7 Å². The molecule has 0 saturated carbocycles. The molecule has 18 heavy (non-hydrogen) atoms. The molecule has 2 rings (SSSR count). The summed E-state index contributed by atoms with van der Waals surface area (Å²) in [5, 5.41) is 3.27. The number of hydrogen-bond donors (Lipinski definition) is 1. The lowest BCUT2D eigenvalue weighted by molar-refractivity contribution is -0.0752. The van der Waals surface area contributed by atoms with Gasteiger partial charge in [-0.3, -0.25) is 9.80 Å². The molecule has 2 heterocycles. The first-order chi connectivity index (χ1) is 8.39. The van der Waals surface area contributed by atoms with E-state index in [9.17, 15) is 0 Å². The van der Waals surface area contributed by atoms with E-state index in [2.05, 4.69) is 42.8 Å². The zero-order valence-electron chi connectivity index (χ0n) is 12.5. The Labute approximate surface area is 112 Å². The van der Waals surface area contributed by atoms with E-state index < -0.39 is 0 Å². The van der Waals surface area contributed by atoms with Crippen LogP contribution < -0.4 is 5.32 Å². The van der Waals surface area contributed by atoms with Crippen LogP contribution in [0.5, 0.6) is 0 Å². The fourth-order valence-electron chi connectivity index (χ4n) is 2.64. The van der Waals surface area contributed by atoms with Crippen molar-refractivity contribution in [2.75, 3.05) is 52.4 Å². The summed E-state index contributed by atoms with van der Waals surface area (Å²) in [4.78, 5) is 5.10. The highest BCUT2D eigenvalue weighted by atomic mass is 16.5. The highest BCUT2D eigenvalue weighted by molar-refractivity contribution is 4.90. The first-order valence-corrected chi connectivity index (χ1v) is 7.21. The van der Waals surface area contributed by atoms with Gasteiger partial charge in [0.25, 0.3) is 0 Å². The molecule has 106 valence electrons. The first kappa shape index (κ1) is 14.3. The third-order valence-electron chi connectivity index (χ3n) is 4.18. The normalized spacial score (nSPS) is 26.0. The van der Waals surface area contributed by atoms with Gasteiger partial charge in [0.15, 0.2) is 0 Å². The molecule has 0 atom stereocenters. The van der Waals surface area contributed by atoms with Gasteiger partial charge in [0.1, 0.15) is 0 Å². The fraction of sp³-hybridized carbons (Fsp3) is 1.00. The van der Waals surface area contributed by atoms with E-state index in [0.717, 1.165) is 26.2 Å². The molecule has 1 N–H and O–H groups in total. The molecule has 0 aromatic rings. The number of hydrogen-bond acceptors (Lipinski definition) is 4. The highest BCUT2D eigenvalue weighted by Crippen LogP contribution is 2.17. The molecule has 4 heteroatoms. The van der Waals surface area contributed by atoms with Gasteiger partial charge >= 0.3 is 0 Å². The average molecular weight is 255 g/mol. The van der Waals surface area contributed by atoms with Crippen molar-refractivity contribution < 1.29 is 4.74 Å². The lowest BCUT2D eigenvalue weighted by atomic mass is 10.0. The van der Waals surface area contributed by atoms with Crippen LogP contribution in [0.25, 0.3) is 0 Å². The number of ether oxygens (including phenoxy) is 1. The maximum atomic E-state index is 5.94. The maximum Gasteiger partial charge on any atom is 0.0902 e. The van der Waals surface area contributed by atoms with Crippen LogP contribution in [0.3, 0.4) is 0 Å². The van der Waals surface area contributed by atoms with Gasteiger partial charge in [0.2, 0.25) is 0 Å². The zero-order valence-corrected chi connectivity index (χ0v) is 12.5. The molecule has 4 nitrogen and oxygen atoms in total. The molecule has 2 fully saturated rings. The number of rotatable bonds is 4. The van der Waals surface area contributed by atoms with Crippen molar-refractivity contribution in [2.45, 2.75) is 38.8 Å². The Morgan fingerprint density at radius 3 is 2.17 bits per heavy atom. The van der Waals surface area contributed by atoms with Gasteiger partial charge in [0.05, 0.1) is 12.2 Å². The second-order valence-electron chi connectivity index (χ2n) is 6.90. The summed E-state index contributed by atoms with van der Waals surface area (Å²) in [5.74, 6) is 0. The van der Waals surface area contributed by atoms with E-state index in [-0.39, 0.29) is 5.60 Å². The van der Waals surface area contributed by atoms with Crippen LogP contribution in [0.2, 0.25) is 0 Å². The van der Waals surface area contributed by atoms with Crippen molar-refractivity contribution in [3.63, 3.8) is 0 Å². The maximum absolute atomic E-state index is 5.94. The minimum absolute atomic E-state index is 0.104. The van der Waals surface area contributed by atoms with Gasteiger partial charge in [-0.25, -0.2) is 0 Å². The van der Waals surface area contributed by atoms with Crippen LogP contribution >= 0.6 is 0 Å². The third-order valence-corrected chi connectivity index (χ3v) is 4.18. The molecule has 2 aliphatic rings. The minimum atomic E-state index is 0.104. The summed E-state index contributed by atoms with van der Waals surface area (Å²) >= 11 is 0. The van der Waals surface area contributed by atoms with Crippen LogP contribution in [0, 0.1) is 0 Å². The smallest absolute Gasteiger partial charge is 0.0902 e. The fourth-order valence-corrected chi connectivity index (χ4v) is 2.64. The molecular formula is C14H29N3O. The van der Waals surface area contributed by atoms with Gasteiger partial charge in [-0.1, -0.05) is 0 Å². The minimum Gasteiger partial charge on any atom is -0.371 e. The Hall–Kier alpha value is -0.160. The van der Waals surface area contributed by atoms with E-state index in [1.54, 1.807) is 0 Å². The summed E-state index contributed by atoms with van der Waals surface area (Å²) in [7, 11) is 0. The van der Waals surface area contributed by atoms with Gasteiger partial charge in [-0.15, -0.1) is 0 Å². The zero-order chi connectivity index (χ0) is 13.2. The SMILES string of the molecule is CC1(OCCN2CCN(C(C)(C)C)CC2)CNC1. The Kier molecular flexibility index (Phi) is 4.32. The van der Waals surface area contributed by atoms with E-state index in [1.165, 1.54) is 26.2 Å². The van der Waals surface area contributed by atoms with Gasteiger partial charge in [-0.2, -0.15) is 0 Å².